The third-order valence-electron chi connectivity index (χ3n) is 7.59. The van der Waals surface area contributed by atoms with Gasteiger partial charge in [0.25, 0.3) is 5.78 Å². The van der Waals surface area contributed by atoms with Crippen LogP contribution in [0.15, 0.2) is 66.2 Å². The number of nitrogens with zero attached hydrogens (tertiary/aromatic N) is 2. The highest BCUT2D eigenvalue weighted by molar-refractivity contribution is 7.22. The van der Waals surface area contributed by atoms with Crippen LogP contribution in [0.1, 0.15) is 55.8 Å². The summed E-state index contributed by atoms with van der Waals surface area (Å²) in [6, 6.07) is 17.3. The van der Waals surface area contributed by atoms with E-state index in [4.69, 9.17) is 19.2 Å². The van der Waals surface area contributed by atoms with Crippen LogP contribution in [0.5, 0.6) is 17.2 Å². The molecular formula is C33H32N2O6S. The van der Waals surface area contributed by atoms with Gasteiger partial charge in [-0.1, -0.05) is 43.2 Å². The van der Waals surface area contributed by atoms with E-state index in [1.165, 1.54) is 16.2 Å². The van der Waals surface area contributed by atoms with Crippen LogP contribution in [0.3, 0.4) is 0 Å². The fourth-order valence-electron chi connectivity index (χ4n) is 5.51. The number of aliphatic hydroxyl groups excluding tert-OH is 1. The number of hydrogen-bond donors (Lipinski definition) is 1. The molecule has 1 saturated heterocycles. The van der Waals surface area contributed by atoms with Gasteiger partial charge in [0.05, 0.1) is 35.5 Å². The number of methoxy groups -OCH3 is 1. The highest BCUT2D eigenvalue weighted by Crippen LogP contribution is 2.45. The number of ketones is 1. The maximum atomic E-state index is 13.7. The van der Waals surface area contributed by atoms with Crippen LogP contribution < -0.4 is 19.1 Å². The number of amides is 1. The van der Waals surface area contributed by atoms with Crippen molar-refractivity contribution in [2.24, 2.45) is 0 Å². The van der Waals surface area contributed by atoms with Crippen molar-refractivity contribution in [2.45, 2.75) is 51.7 Å². The number of hydrogen-bond acceptors (Lipinski definition) is 8. The lowest BCUT2D eigenvalue weighted by molar-refractivity contribution is -0.132. The van der Waals surface area contributed by atoms with E-state index in [1.54, 1.807) is 25.3 Å². The Kier molecular flexibility index (Phi) is 7.60. The minimum absolute atomic E-state index is 0.00637. The van der Waals surface area contributed by atoms with Crippen molar-refractivity contribution >= 4 is 44.1 Å². The number of fused-ring (bicyclic) bond motifs is 2. The molecule has 2 aliphatic rings. The molecule has 1 fully saturated rings. The van der Waals surface area contributed by atoms with Gasteiger partial charge in [-0.15, -0.1) is 0 Å². The maximum absolute atomic E-state index is 13.7. The van der Waals surface area contributed by atoms with Crippen LogP contribution in [0.25, 0.3) is 16.0 Å². The average Bonchev–Trinajstić information content (AvgIpc) is 3.66. The number of benzene rings is 3. The molecule has 1 N–H and O–H groups in total. The Morgan fingerprint density at radius 3 is 2.76 bits per heavy atom. The van der Waals surface area contributed by atoms with E-state index < -0.39 is 17.7 Å². The number of aliphatic hydroxyl groups is 1. The van der Waals surface area contributed by atoms with Gasteiger partial charge in [-0.2, -0.15) is 0 Å². The van der Waals surface area contributed by atoms with E-state index in [0.29, 0.717) is 46.3 Å². The van der Waals surface area contributed by atoms with Gasteiger partial charge in [0.1, 0.15) is 29.1 Å². The highest BCUT2D eigenvalue weighted by atomic mass is 32.1. The van der Waals surface area contributed by atoms with Crippen molar-refractivity contribution in [1.82, 2.24) is 4.98 Å². The number of anilines is 1. The van der Waals surface area contributed by atoms with Crippen molar-refractivity contribution in [2.75, 3.05) is 18.6 Å². The van der Waals surface area contributed by atoms with Crippen LogP contribution in [-0.4, -0.2) is 41.6 Å². The highest BCUT2D eigenvalue weighted by Gasteiger charge is 2.48. The Bertz CT molecular complexity index is 1710. The van der Waals surface area contributed by atoms with Crippen LogP contribution >= 0.6 is 11.3 Å². The van der Waals surface area contributed by atoms with Crippen molar-refractivity contribution in [3.63, 3.8) is 0 Å². The molecule has 0 radical (unpaired) electrons. The zero-order valence-corrected chi connectivity index (χ0v) is 24.6. The summed E-state index contributed by atoms with van der Waals surface area (Å²) in [7, 11) is 1.59. The molecule has 0 saturated carbocycles. The lowest BCUT2D eigenvalue weighted by Crippen LogP contribution is -2.29. The van der Waals surface area contributed by atoms with E-state index in [9.17, 15) is 14.7 Å². The van der Waals surface area contributed by atoms with Gasteiger partial charge in [0.2, 0.25) is 0 Å². The zero-order valence-electron chi connectivity index (χ0n) is 23.8. The van der Waals surface area contributed by atoms with Crippen LogP contribution in [-0.2, 0) is 16.0 Å². The SMILES string of the molecule is CCCCCOc1cccc([C@@H]2/C(=C(\O)c3ccc4c(c3)C[C@H](C)O4)C(=O)C(=O)N2c2nc3ccc(OC)cc3s2)c1. The van der Waals surface area contributed by atoms with Gasteiger partial charge in [-0.3, -0.25) is 14.5 Å². The first-order valence-electron chi connectivity index (χ1n) is 14.2. The fraction of sp³-hybridized carbons (Fsp3) is 0.303. The number of carbonyl (C=O) groups is 2. The van der Waals surface area contributed by atoms with E-state index >= 15 is 0 Å². The van der Waals surface area contributed by atoms with Gasteiger partial charge >= 0.3 is 5.91 Å². The number of ether oxygens (including phenoxy) is 3. The van der Waals surface area contributed by atoms with E-state index in [1.807, 2.05) is 49.4 Å². The summed E-state index contributed by atoms with van der Waals surface area (Å²) in [6.45, 7) is 4.68. The number of thiazole rings is 1. The maximum Gasteiger partial charge on any atom is 0.301 e. The molecule has 3 aromatic carbocycles. The Balaban J connectivity index is 1.47. The summed E-state index contributed by atoms with van der Waals surface area (Å²) < 4.78 is 18.0. The fourth-order valence-corrected chi connectivity index (χ4v) is 6.53. The monoisotopic (exact) mass is 584 g/mol. The molecule has 4 aromatic rings. The minimum atomic E-state index is -0.907. The molecule has 0 spiro atoms. The molecule has 6 rings (SSSR count). The summed E-state index contributed by atoms with van der Waals surface area (Å²) in [5, 5.41) is 12.0. The standard InChI is InChI=1S/C33H32N2O6S/c1-4-5-6-14-40-24-9-7-8-20(17-24)29-28(30(36)21-10-13-26-22(16-21)15-19(2)41-26)31(37)32(38)35(29)33-34-25-12-11-23(39-3)18-27(25)42-33/h7-13,16-19,29,36H,4-6,14-15H2,1-3H3/b30-28+/t19-,29+/m0/s1. The average molecular weight is 585 g/mol. The molecule has 42 heavy (non-hydrogen) atoms. The van der Waals surface area contributed by atoms with Gasteiger partial charge in [0, 0.05) is 12.0 Å². The third-order valence-corrected chi connectivity index (χ3v) is 8.61. The second-order valence-corrected chi connectivity index (χ2v) is 11.6. The molecule has 0 bridgehead atoms. The molecule has 8 nitrogen and oxygen atoms in total. The van der Waals surface area contributed by atoms with E-state index in [-0.39, 0.29) is 17.4 Å². The van der Waals surface area contributed by atoms with Crippen LogP contribution in [0, 0.1) is 0 Å². The molecule has 2 aliphatic heterocycles. The zero-order chi connectivity index (χ0) is 29.4. The van der Waals surface area contributed by atoms with Crippen LogP contribution in [0.2, 0.25) is 0 Å². The van der Waals surface area contributed by atoms with E-state index in [2.05, 4.69) is 6.92 Å². The quantitative estimate of drug-likeness (QED) is 0.0997. The Morgan fingerprint density at radius 1 is 1.10 bits per heavy atom. The molecular weight excluding hydrogens is 552 g/mol. The largest absolute Gasteiger partial charge is 0.507 e. The summed E-state index contributed by atoms with van der Waals surface area (Å²) in [5.74, 6) is 0.300. The number of rotatable bonds is 9. The van der Waals surface area contributed by atoms with Gasteiger partial charge in [-0.05, 0) is 73.0 Å². The summed E-state index contributed by atoms with van der Waals surface area (Å²) in [4.78, 5) is 33.5. The first kappa shape index (κ1) is 27.8. The number of unbranched alkanes of at least 4 members (excludes halogenated alkanes) is 2. The summed E-state index contributed by atoms with van der Waals surface area (Å²) in [6.07, 6.45) is 3.79. The van der Waals surface area contributed by atoms with E-state index in [0.717, 1.165) is 35.3 Å². The first-order chi connectivity index (χ1) is 20.4. The molecule has 1 aromatic heterocycles. The Morgan fingerprint density at radius 2 is 1.95 bits per heavy atom. The van der Waals surface area contributed by atoms with Crippen molar-refractivity contribution in [3.8, 4) is 17.2 Å². The smallest absolute Gasteiger partial charge is 0.301 e. The van der Waals surface area contributed by atoms with Gasteiger partial charge in [-0.25, -0.2) is 4.98 Å². The lowest BCUT2D eigenvalue weighted by Gasteiger charge is -2.23. The second-order valence-electron chi connectivity index (χ2n) is 10.6. The topological polar surface area (TPSA) is 98.2 Å². The molecule has 2 atom stereocenters. The minimum Gasteiger partial charge on any atom is -0.507 e. The van der Waals surface area contributed by atoms with Crippen molar-refractivity contribution in [1.29, 1.82) is 0 Å². The molecule has 0 aliphatic carbocycles. The molecule has 216 valence electrons. The lowest BCUT2D eigenvalue weighted by atomic mass is 9.94. The summed E-state index contributed by atoms with van der Waals surface area (Å²) in [5.41, 5.74) is 2.72. The molecule has 0 unspecified atom stereocenters. The first-order valence-corrected chi connectivity index (χ1v) is 15.0. The van der Waals surface area contributed by atoms with Crippen molar-refractivity contribution < 1.29 is 28.9 Å². The Labute approximate surface area is 248 Å². The second kappa shape index (κ2) is 11.5. The Hall–Kier alpha value is -4.37. The molecule has 9 heteroatoms. The summed E-state index contributed by atoms with van der Waals surface area (Å²) >= 11 is 1.29. The normalized spacial score (nSPS) is 19.3. The molecule has 3 heterocycles. The number of aromatic nitrogens is 1. The number of carbonyl (C=O) groups excluding carboxylic acids is 2. The van der Waals surface area contributed by atoms with Crippen molar-refractivity contribution in [3.05, 3.63) is 82.9 Å². The predicted molar refractivity (Wildman–Crippen MR) is 163 cm³/mol. The predicted octanol–water partition coefficient (Wildman–Crippen LogP) is 6.82. The molecule has 1 amide bonds. The van der Waals surface area contributed by atoms with Gasteiger partial charge in [0.15, 0.2) is 5.13 Å². The van der Waals surface area contributed by atoms with Gasteiger partial charge < -0.3 is 19.3 Å². The number of Topliss-reactive ketones (excluding diaryl/α,β-unsaturated/α-hetero) is 1. The third kappa shape index (κ3) is 5.09. The van der Waals surface area contributed by atoms with Crippen LogP contribution in [0.4, 0.5) is 5.13 Å².